The number of ether oxygens (including phenoxy) is 1. The first kappa shape index (κ1) is 18.0. The number of hydrogen-bond donors (Lipinski definition) is 2. The van der Waals surface area contributed by atoms with E-state index < -0.39 is 23.0 Å². The summed E-state index contributed by atoms with van der Waals surface area (Å²) in [7, 11) is 1.34. The minimum absolute atomic E-state index is 0.00882. The Morgan fingerprint density at radius 3 is 2.50 bits per heavy atom. The van der Waals surface area contributed by atoms with Crippen LogP contribution >= 0.6 is 0 Å². The quantitative estimate of drug-likeness (QED) is 0.674. The van der Waals surface area contributed by atoms with Crippen LogP contribution in [0, 0.1) is 11.6 Å². The van der Waals surface area contributed by atoms with Gasteiger partial charge in [-0.3, -0.25) is 9.59 Å². The number of rotatable bonds is 4. The van der Waals surface area contributed by atoms with Gasteiger partial charge in [-0.2, -0.15) is 0 Å². The maximum Gasteiger partial charge on any atom is 0.254 e. The number of methoxy groups -OCH3 is 1. The fraction of sp³-hybridized carbons (Fsp3) is 0.200. The van der Waals surface area contributed by atoms with Crippen molar-refractivity contribution in [1.82, 2.24) is 4.57 Å². The van der Waals surface area contributed by atoms with Gasteiger partial charge < -0.3 is 20.8 Å². The van der Waals surface area contributed by atoms with Crippen LogP contribution in [-0.4, -0.2) is 17.6 Å². The number of hydrogen-bond acceptors (Lipinski definition) is 4. The number of anilines is 1. The third kappa shape index (κ3) is 2.69. The Hall–Kier alpha value is -3.42. The van der Waals surface area contributed by atoms with Crippen molar-refractivity contribution < 1.29 is 18.3 Å². The molecule has 6 nitrogen and oxygen atoms in total. The predicted molar refractivity (Wildman–Crippen MR) is 101 cm³/mol. The van der Waals surface area contributed by atoms with Gasteiger partial charge in [-0.05, 0) is 36.6 Å². The highest BCUT2D eigenvalue weighted by Crippen LogP contribution is 2.43. The Morgan fingerprint density at radius 2 is 1.93 bits per heavy atom. The SMILES string of the molecule is COc1c(-c2ccc(N)c(F)c2)c(F)cc2c(=O)c(C(N)=O)cn(C3CC3)c12. The molecule has 0 spiro atoms. The molecule has 1 saturated carbocycles. The molecule has 0 saturated heterocycles. The van der Waals surface area contributed by atoms with Crippen LogP contribution in [0.1, 0.15) is 29.2 Å². The zero-order valence-electron chi connectivity index (χ0n) is 15.0. The normalized spacial score (nSPS) is 13.7. The molecule has 1 amide bonds. The van der Waals surface area contributed by atoms with Crippen molar-refractivity contribution in [2.75, 3.05) is 12.8 Å². The number of benzene rings is 2. The Morgan fingerprint density at radius 1 is 1.21 bits per heavy atom. The number of nitrogen functional groups attached to an aromatic ring is 1. The van der Waals surface area contributed by atoms with Crippen LogP contribution in [0.15, 0.2) is 35.3 Å². The van der Waals surface area contributed by atoms with Gasteiger partial charge in [-0.25, -0.2) is 8.78 Å². The van der Waals surface area contributed by atoms with Crippen LogP contribution in [0.4, 0.5) is 14.5 Å². The first-order valence-corrected chi connectivity index (χ1v) is 8.64. The molecule has 0 radical (unpaired) electrons. The van der Waals surface area contributed by atoms with Gasteiger partial charge in [-0.1, -0.05) is 6.07 Å². The summed E-state index contributed by atoms with van der Waals surface area (Å²) in [5.41, 5.74) is 10.5. The lowest BCUT2D eigenvalue weighted by atomic mass is 9.99. The van der Waals surface area contributed by atoms with Crippen molar-refractivity contribution in [3.63, 3.8) is 0 Å². The average molecular weight is 385 g/mol. The number of nitrogens with two attached hydrogens (primary N) is 2. The van der Waals surface area contributed by atoms with Gasteiger partial charge in [0.05, 0.1) is 29.3 Å². The highest BCUT2D eigenvalue weighted by Gasteiger charge is 2.30. The molecule has 0 bridgehead atoms. The molecule has 3 aromatic rings. The largest absolute Gasteiger partial charge is 0.494 e. The number of carbonyl (C=O) groups excluding carboxylic acids is 1. The lowest BCUT2D eigenvalue weighted by Crippen LogP contribution is -2.24. The molecular weight excluding hydrogens is 368 g/mol. The van der Waals surface area contributed by atoms with Crippen LogP contribution in [-0.2, 0) is 0 Å². The Labute approximate surface area is 158 Å². The third-order valence-corrected chi connectivity index (χ3v) is 4.92. The predicted octanol–water partition coefficient (Wildman–Crippen LogP) is 2.97. The number of amides is 1. The van der Waals surface area contributed by atoms with Gasteiger partial charge in [0.1, 0.15) is 17.2 Å². The molecule has 4 rings (SSSR count). The number of nitrogens with zero attached hydrogens (tertiary/aromatic N) is 1. The topological polar surface area (TPSA) is 100 Å². The number of fused-ring (bicyclic) bond motifs is 1. The van der Waals surface area contributed by atoms with E-state index in [1.165, 1.54) is 25.4 Å². The molecule has 0 aliphatic heterocycles. The van der Waals surface area contributed by atoms with Gasteiger partial charge in [0.2, 0.25) is 5.43 Å². The molecule has 2 aromatic carbocycles. The molecule has 1 fully saturated rings. The molecule has 1 aliphatic carbocycles. The summed E-state index contributed by atoms with van der Waals surface area (Å²) >= 11 is 0. The van der Waals surface area contributed by atoms with Gasteiger partial charge in [0, 0.05) is 12.2 Å². The highest BCUT2D eigenvalue weighted by atomic mass is 19.1. The van der Waals surface area contributed by atoms with E-state index in [-0.39, 0.29) is 39.6 Å². The number of primary amides is 1. The molecule has 144 valence electrons. The van der Waals surface area contributed by atoms with Gasteiger partial charge in [0.25, 0.3) is 5.91 Å². The molecular formula is C20H17F2N3O3. The van der Waals surface area contributed by atoms with Crippen LogP contribution in [0.25, 0.3) is 22.0 Å². The maximum absolute atomic E-state index is 15.0. The molecule has 0 unspecified atom stereocenters. The van der Waals surface area contributed by atoms with Crippen molar-refractivity contribution in [3.8, 4) is 16.9 Å². The molecule has 8 heteroatoms. The summed E-state index contributed by atoms with van der Waals surface area (Å²) in [5.74, 6) is -2.28. The average Bonchev–Trinajstić information content (AvgIpc) is 3.48. The molecule has 28 heavy (non-hydrogen) atoms. The second kappa shape index (κ2) is 6.33. The first-order valence-electron chi connectivity index (χ1n) is 8.64. The van der Waals surface area contributed by atoms with E-state index in [2.05, 4.69) is 0 Å². The summed E-state index contributed by atoms with van der Waals surface area (Å²) in [5, 5.41) is -0.0165. The molecule has 4 N–H and O–H groups in total. The van der Waals surface area contributed by atoms with E-state index in [1.807, 2.05) is 0 Å². The van der Waals surface area contributed by atoms with Gasteiger partial charge >= 0.3 is 0 Å². The highest BCUT2D eigenvalue weighted by molar-refractivity contribution is 5.99. The van der Waals surface area contributed by atoms with Crippen molar-refractivity contribution in [2.24, 2.45) is 5.73 Å². The molecule has 1 aromatic heterocycles. The fourth-order valence-corrected chi connectivity index (χ4v) is 3.42. The lowest BCUT2D eigenvalue weighted by molar-refractivity contribution is 0.0998. The van der Waals surface area contributed by atoms with Crippen molar-refractivity contribution in [3.05, 3.63) is 57.9 Å². The monoisotopic (exact) mass is 385 g/mol. The van der Waals surface area contributed by atoms with E-state index in [0.717, 1.165) is 25.0 Å². The van der Waals surface area contributed by atoms with E-state index >= 15 is 4.39 Å². The summed E-state index contributed by atoms with van der Waals surface area (Å²) in [6.07, 6.45) is 3.06. The van der Waals surface area contributed by atoms with Crippen LogP contribution in [0.5, 0.6) is 5.75 Å². The minimum Gasteiger partial charge on any atom is -0.494 e. The zero-order valence-corrected chi connectivity index (χ0v) is 15.0. The maximum atomic E-state index is 15.0. The first-order chi connectivity index (χ1) is 13.3. The van der Waals surface area contributed by atoms with E-state index in [9.17, 15) is 14.0 Å². The second-order valence-electron chi connectivity index (χ2n) is 6.77. The van der Waals surface area contributed by atoms with E-state index in [1.54, 1.807) is 4.57 Å². The molecule has 1 heterocycles. The molecule has 1 aliphatic rings. The third-order valence-electron chi connectivity index (χ3n) is 4.92. The fourth-order valence-electron chi connectivity index (χ4n) is 3.42. The number of halogens is 2. The van der Waals surface area contributed by atoms with Crippen molar-refractivity contribution in [1.29, 1.82) is 0 Å². The zero-order chi connectivity index (χ0) is 20.2. The number of pyridine rings is 1. The summed E-state index contributed by atoms with van der Waals surface area (Å²) < 4.78 is 36.2. The van der Waals surface area contributed by atoms with Crippen LogP contribution in [0.3, 0.4) is 0 Å². The standard InChI is InChI=1S/C20H17F2N3O3/c1-28-19-16(9-2-5-15(23)13(21)6-9)14(22)7-11-17(19)25(10-3-4-10)8-12(18(11)26)20(24)27/h2,5-8,10H,3-4,23H2,1H3,(H2,24,27). The minimum atomic E-state index is -0.884. The van der Waals surface area contributed by atoms with Gasteiger partial charge in [0.15, 0.2) is 5.75 Å². The lowest BCUT2D eigenvalue weighted by Gasteiger charge is -2.18. The van der Waals surface area contributed by atoms with Crippen molar-refractivity contribution >= 4 is 22.5 Å². The Bertz CT molecular complexity index is 1200. The Balaban J connectivity index is 2.14. The second-order valence-corrected chi connectivity index (χ2v) is 6.77. The Kier molecular flexibility index (Phi) is 4.06. The number of carbonyl (C=O) groups is 1. The smallest absolute Gasteiger partial charge is 0.254 e. The number of aromatic nitrogens is 1. The summed E-state index contributed by atoms with van der Waals surface area (Å²) in [6, 6.07) is 4.99. The van der Waals surface area contributed by atoms with E-state index in [4.69, 9.17) is 16.2 Å². The molecule has 0 atom stereocenters. The summed E-state index contributed by atoms with van der Waals surface area (Å²) in [4.78, 5) is 24.4. The van der Waals surface area contributed by atoms with Crippen molar-refractivity contribution in [2.45, 2.75) is 18.9 Å². The summed E-state index contributed by atoms with van der Waals surface area (Å²) in [6.45, 7) is 0. The van der Waals surface area contributed by atoms with Gasteiger partial charge in [-0.15, -0.1) is 0 Å². The van der Waals surface area contributed by atoms with Crippen LogP contribution in [0.2, 0.25) is 0 Å². The van der Waals surface area contributed by atoms with E-state index in [0.29, 0.717) is 5.52 Å². The van der Waals surface area contributed by atoms with Crippen LogP contribution < -0.4 is 21.6 Å².